The Kier molecular flexibility index (Phi) is 5.23. The molecule has 0 aliphatic heterocycles. The summed E-state index contributed by atoms with van der Waals surface area (Å²) < 4.78 is 27.4. The van der Waals surface area contributed by atoms with Gasteiger partial charge in [-0.2, -0.15) is 0 Å². The molecule has 1 N–H and O–H groups in total. The fraction of sp³-hybridized carbons (Fsp3) is 0.286. The molecule has 1 heterocycles. The van der Waals surface area contributed by atoms with Gasteiger partial charge in [0.15, 0.2) is 0 Å². The molecule has 0 fully saturated rings. The maximum Gasteiger partial charge on any atom is 0.271 e. The third kappa shape index (κ3) is 4.07. The number of thiophene rings is 1. The number of alkyl halides is 1. The Balaban J connectivity index is 2.17. The molecule has 0 radical (unpaired) electrons. The molecular formula is C14H16BrNO2S2. The van der Waals surface area contributed by atoms with E-state index in [1.165, 1.54) is 11.3 Å². The molecule has 1 aromatic carbocycles. The molecule has 0 amide bonds. The standard InChI is InChI=1S/C14H16BrNO2S2/c1-11-7-8-14(19-11)20(17,18)16-13-6-2-4-12(10-13)5-3-9-15/h2,4,6-8,10,16H,3,5,9H2,1H3. The van der Waals surface area contributed by atoms with Gasteiger partial charge < -0.3 is 0 Å². The van der Waals surface area contributed by atoms with Crippen LogP contribution in [-0.4, -0.2) is 13.7 Å². The molecule has 0 atom stereocenters. The average Bonchev–Trinajstić information content (AvgIpc) is 2.84. The highest BCUT2D eigenvalue weighted by Crippen LogP contribution is 2.24. The first-order chi connectivity index (χ1) is 9.51. The second-order valence-corrected chi connectivity index (χ2v) is 8.45. The van der Waals surface area contributed by atoms with Crippen LogP contribution in [0.2, 0.25) is 0 Å². The first-order valence-electron chi connectivity index (χ1n) is 6.25. The van der Waals surface area contributed by atoms with E-state index < -0.39 is 10.0 Å². The Labute approximate surface area is 132 Å². The fourth-order valence-electron chi connectivity index (χ4n) is 1.82. The summed E-state index contributed by atoms with van der Waals surface area (Å²) >= 11 is 4.67. The minimum Gasteiger partial charge on any atom is -0.279 e. The van der Waals surface area contributed by atoms with Gasteiger partial charge in [0, 0.05) is 15.9 Å². The Morgan fingerprint density at radius 1 is 1.25 bits per heavy atom. The van der Waals surface area contributed by atoms with Crippen LogP contribution in [-0.2, 0) is 16.4 Å². The van der Waals surface area contributed by atoms with E-state index in [9.17, 15) is 8.42 Å². The summed E-state index contributed by atoms with van der Waals surface area (Å²) in [5.41, 5.74) is 1.75. The Morgan fingerprint density at radius 2 is 2.05 bits per heavy atom. The van der Waals surface area contributed by atoms with Crippen molar-refractivity contribution < 1.29 is 8.42 Å². The SMILES string of the molecule is Cc1ccc(S(=O)(=O)Nc2cccc(CCCBr)c2)s1. The van der Waals surface area contributed by atoms with Crippen molar-refractivity contribution in [1.82, 2.24) is 0 Å². The number of halogens is 1. The number of rotatable bonds is 6. The van der Waals surface area contributed by atoms with Gasteiger partial charge >= 0.3 is 0 Å². The molecular weight excluding hydrogens is 358 g/mol. The second-order valence-electron chi connectivity index (χ2n) is 4.46. The average molecular weight is 374 g/mol. The third-order valence-corrected chi connectivity index (χ3v) is 6.19. The molecule has 0 aliphatic carbocycles. The number of hydrogen-bond acceptors (Lipinski definition) is 3. The monoisotopic (exact) mass is 373 g/mol. The predicted octanol–water partition coefficient (Wildman–Crippen LogP) is 4.18. The molecule has 3 nitrogen and oxygen atoms in total. The molecule has 1 aromatic heterocycles. The van der Waals surface area contributed by atoms with Gasteiger partial charge in [-0.25, -0.2) is 8.42 Å². The van der Waals surface area contributed by atoms with Crippen LogP contribution in [0.15, 0.2) is 40.6 Å². The highest BCUT2D eigenvalue weighted by atomic mass is 79.9. The highest BCUT2D eigenvalue weighted by Gasteiger charge is 2.16. The molecule has 2 aromatic rings. The van der Waals surface area contributed by atoms with Gasteiger partial charge in [-0.15, -0.1) is 11.3 Å². The van der Waals surface area contributed by atoms with Crippen molar-refractivity contribution >= 4 is 43.0 Å². The van der Waals surface area contributed by atoms with Gasteiger partial charge in [-0.05, 0) is 49.6 Å². The van der Waals surface area contributed by atoms with Crippen LogP contribution in [0.3, 0.4) is 0 Å². The number of anilines is 1. The van der Waals surface area contributed by atoms with Gasteiger partial charge in [0.25, 0.3) is 10.0 Å². The highest BCUT2D eigenvalue weighted by molar-refractivity contribution is 9.09. The van der Waals surface area contributed by atoms with E-state index in [1.807, 2.05) is 31.2 Å². The summed E-state index contributed by atoms with van der Waals surface area (Å²) in [7, 11) is -3.47. The van der Waals surface area contributed by atoms with Gasteiger partial charge in [0.2, 0.25) is 0 Å². The van der Waals surface area contributed by atoms with Crippen molar-refractivity contribution in [1.29, 1.82) is 0 Å². The van der Waals surface area contributed by atoms with Crippen LogP contribution < -0.4 is 4.72 Å². The molecule has 0 bridgehead atoms. The molecule has 0 spiro atoms. The molecule has 2 rings (SSSR count). The number of benzene rings is 1. The lowest BCUT2D eigenvalue weighted by Crippen LogP contribution is -2.11. The van der Waals surface area contributed by atoms with Crippen molar-refractivity contribution in [3.8, 4) is 0 Å². The van der Waals surface area contributed by atoms with Crippen molar-refractivity contribution in [3.63, 3.8) is 0 Å². The van der Waals surface area contributed by atoms with Crippen LogP contribution in [0.4, 0.5) is 5.69 Å². The third-order valence-electron chi connectivity index (χ3n) is 2.76. The van der Waals surface area contributed by atoms with Crippen molar-refractivity contribution in [3.05, 3.63) is 46.8 Å². The summed E-state index contributed by atoms with van der Waals surface area (Å²) in [6.45, 7) is 1.89. The van der Waals surface area contributed by atoms with E-state index in [4.69, 9.17) is 0 Å². The van der Waals surface area contributed by atoms with Crippen molar-refractivity contribution in [2.45, 2.75) is 24.0 Å². The van der Waals surface area contributed by atoms with Crippen LogP contribution >= 0.6 is 27.3 Å². The topological polar surface area (TPSA) is 46.2 Å². The summed E-state index contributed by atoms with van der Waals surface area (Å²) in [5.74, 6) is 0. The minimum absolute atomic E-state index is 0.348. The lowest BCUT2D eigenvalue weighted by molar-refractivity contribution is 0.603. The first-order valence-corrected chi connectivity index (χ1v) is 9.67. The molecule has 6 heteroatoms. The number of aryl methyl sites for hydroxylation is 2. The van der Waals surface area contributed by atoms with E-state index in [1.54, 1.807) is 12.1 Å². The molecule has 108 valence electrons. The lowest BCUT2D eigenvalue weighted by Gasteiger charge is -2.08. The molecule has 0 saturated heterocycles. The fourth-order valence-corrected chi connectivity index (χ4v) is 4.44. The van der Waals surface area contributed by atoms with Gasteiger partial charge in [-0.3, -0.25) is 4.72 Å². The van der Waals surface area contributed by atoms with Crippen LogP contribution in [0.25, 0.3) is 0 Å². The zero-order valence-electron chi connectivity index (χ0n) is 11.1. The largest absolute Gasteiger partial charge is 0.279 e. The Hall–Kier alpha value is -0.850. The molecule has 20 heavy (non-hydrogen) atoms. The van der Waals surface area contributed by atoms with Gasteiger partial charge in [-0.1, -0.05) is 28.1 Å². The number of hydrogen-bond donors (Lipinski definition) is 1. The van der Waals surface area contributed by atoms with Gasteiger partial charge in [0.1, 0.15) is 4.21 Å². The lowest BCUT2D eigenvalue weighted by atomic mass is 10.1. The number of sulfonamides is 1. The van der Waals surface area contributed by atoms with Crippen molar-refractivity contribution in [2.24, 2.45) is 0 Å². The molecule has 0 saturated carbocycles. The van der Waals surface area contributed by atoms with E-state index >= 15 is 0 Å². The zero-order chi connectivity index (χ0) is 14.6. The minimum atomic E-state index is -3.47. The number of nitrogens with one attached hydrogen (secondary N) is 1. The summed E-state index contributed by atoms with van der Waals surface area (Å²) in [5, 5.41) is 0.942. The zero-order valence-corrected chi connectivity index (χ0v) is 14.3. The van der Waals surface area contributed by atoms with E-state index in [-0.39, 0.29) is 0 Å². The Morgan fingerprint density at radius 3 is 2.70 bits per heavy atom. The predicted molar refractivity (Wildman–Crippen MR) is 88.4 cm³/mol. The normalized spacial score (nSPS) is 11.5. The van der Waals surface area contributed by atoms with Crippen LogP contribution in [0, 0.1) is 6.92 Å². The van der Waals surface area contributed by atoms with E-state index in [0.717, 1.165) is 28.6 Å². The maximum atomic E-state index is 12.2. The smallest absolute Gasteiger partial charge is 0.271 e. The van der Waals surface area contributed by atoms with E-state index in [0.29, 0.717) is 9.90 Å². The van der Waals surface area contributed by atoms with Crippen molar-refractivity contribution in [2.75, 3.05) is 10.1 Å². The summed E-state index contributed by atoms with van der Waals surface area (Å²) in [6.07, 6.45) is 1.96. The van der Waals surface area contributed by atoms with Crippen LogP contribution in [0.1, 0.15) is 16.9 Å². The molecule has 0 unspecified atom stereocenters. The Bertz CT molecular complexity index is 680. The van der Waals surface area contributed by atoms with Crippen LogP contribution in [0.5, 0.6) is 0 Å². The van der Waals surface area contributed by atoms with E-state index in [2.05, 4.69) is 20.7 Å². The maximum absolute atomic E-state index is 12.2. The summed E-state index contributed by atoms with van der Waals surface area (Å²) in [6, 6.07) is 11.0. The second kappa shape index (κ2) is 6.74. The first kappa shape index (κ1) is 15.5. The van der Waals surface area contributed by atoms with Gasteiger partial charge in [0.05, 0.1) is 0 Å². The quantitative estimate of drug-likeness (QED) is 0.771. The summed E-state index contributed by atoms with van der Waals surface area (Å²) in [4.78, 5) is 0.983. The molecule has 0 aliphatic rings.